The van der Waals surface area contributed by atoms with Crippen molar-refractivity contribution in [2.24, 2.45) is 4.99 Å². The zero-order valence-corrected chi connectivity index (χ0v) is 23.8. The lowest BCUT2D eigenvalue weighted by atomic mass is 9.96. The summed E-state index contributed by atoms with van der Waals surface area (Å²) in [6.07, 6.45) is 1.74. The molecule has 0 spiro atoms. The van der Waals surface area contributed by atoms with Gasteiger partial charge in [-0.1, -0.05) is 70.9 Å². The van der Waals surface area contributed by atoms with Crippen LogP contribution in [0.2, 0.25) is 10.0 Å². The first-order valence-electron chi connectivity index (χ1n) is 12.4. The predicted molar refractivity (Wildman–Crippen MR) is 154 cm³/mol. The minimum atomic E-state index is -0.820. The van der Waals surface area contributed by atoms with E-state index in [4.69, 9.17) is 32.7 Å². The zero-order chi connectivity index (χ0) is 28.4. The number of benzene rings is 3. The minimum Gasteiger partial charge on any atom is -0.488 e. The number of esters is 1. The van der Waals surface area contributed by atoms with Crippen molar-refractivity contribution in [3.8, 4) is 5.75 Å². The van der Waals surface area contributed by atoms with Crippen molar-refractivity contribution in [2.45, 2.75) is 26.5 Å². The molecule has 0 amide bonds. The third-order valence-electron chi connectivity index (χ3n) is 6.29. The second kappa shape index (κ2) is 11.8. The van der Waals surface area contributed by atoms with Gasteiger partial charge in [0.1, 0.15) is 18.2 Å². The number of thiazole rings is 1. The Bertz CT molecular complexity index is 1810. The van der Waals surface area contributed by atoms with Gasteiger partial charge in [0.25, 0.3) is 5.56 Å². The summed E-state index contributed by atoms with van der Waals surface area (Å²) in [5.74, 6) is -0.432. The summed E-state index contributed by atoms with van der Waals surface area (Å²) in [5.41, 5.74) is 2.42. The Labute approximate surface area is 243 Å². The third kappa shape index (κ3) is 5.61. The third-order valence-corrected chi connectivity index (χ3v) is 8.01. The first-order valence-corrected chi connectivity index (χ1v) is 13.9. The molecule has 1 atom stereocenters. The number of para-hydroxylation sites is 1. The number of hydrogen-bond donors (Lipinski definition) is 0. The molecule has 1 aliphatic rings. The summed E-state index contributed by atoms with van der Waals surface area (Å²) in [6, 6.07) is 17.5. The molecule has 6 nitrogen and oxygen atoms in total. The van der Waals surface area contributed by atoms with Crippen molar-refractivity contribution in [3.05, 3.63) is 130 Å². The standard InChI is InChI=1S/C30H23Cl2FN2O4S/c1-3-38-29(37)26-17(2)34-30-35(27(26)19-9-11-21(33)12-10-19)28(36)25(40-30)15-20-6-4-5-7-24(20)39-16-18-8-13-22(31)23(32)14-18/h4-15,27H,3,16H2,1-2H3/b25-15-/t27-/m1/s1. The molecule has 204 valence electrons. The maximum atomic E-state index is 13.8. The summed E-state index contributed by atoms with van der Waals surface area (Å²) in [7, 11) is 0. The van der Waals surface area contributed by atoms with Crippen LogP contribution in [-0.4, -0.2) is 17.1 Å². The summed E-state index contributed by atoms with van der Waals surface area (Å²) in [4.78, 5) is 31.8. The molecule has 0 radical (unpaired) electrons. The number of fused-ring (bicyclic) bond motifs is 1. The van der Waals surface area contributed by atoms with E-state index in [0.717, 1.165) is 5.56 Å². The molecule has 0 saturated heterocycles. The second-order valence-electron chi connectivity index (χ2n) is 8.93. The molecule has 0 fully saturated rings. The van der Waals surface area contributed by atoms with Crippen LogP contribution in [0, 0.1) is 5.82 Å². The highest BCUT2D eigenvalue weighted by Gasteiger charge is 2.33. The number of hydrogen-bond acceptors (Lipinski definition) is 6. The van der Waals surface area contributed by atoms with Crippen LogP contribution < -0.4 is 19.6 Å². The van der Waals surface area contributed by atoms with E-state index in [1.807, 2.05) is 30.3 Å². The first-order chi connectivity index (χ1) is 19.3. The van der Waals surface area contributed by atoms with Crippen molar-refractivity contribution in [2.75, 3.05) is 6.61 Å². The van der Waals surface area contributed by atoms with E-state index in [-0.39, 0.29) is 24.3 Å². The fraction of sp³-hybridized carbons (Fsp3) is 0.167. The van der Waals surface area contributed by atoms with Crippen molar-refractivity contribution >= 4 is 46.6 Å². The summed E-state index contributed by atoms with van der Waals surface area (Å²) >= 11 is 13.3. The van der Waals surface area contributed by atoms with Crippen LogP contribution in [0.15, 0.2) is 87.8 Å². The highest BCUT2D eigenvalue weighted by Crippen LogP contribution is 2.31. The van der Waals surface area contributed by atoms with E-state index in [1.54, 1.807) is 44.2 Å². The zero-order valence-electron chi connectivity index (χ0n) is 21.5. The van der Waals surface area contributed by atoms with Crippen LogP contribution in [0.1, 0.15) is 36.6 Å². The van der Waals surface area contributed by atoms with Gasteiger partial charge in [0.2, 0.25) is 0 Å². The number of allylic oxidation sites excluding steroid dienone is 1. The van der Waals surface area contributed by atoms with Crippen LogP contribution in [0.3, 0.4) is 0 Å². The van der Waals surface area contributed by atoms with Crippen LogP contribution in [0.25, 0.3) is 6.08 Å². The Kier molecular flexibility index (Phi) is 8.21. The summed E-state index contributed by atoms with van der Waals surface area (Å²) in [6.45, 7) is 3.81. The van der Waals surface area contributed by atoms with Gasteiger partial charge in [-0.2, -0.15) is 0 Å². The molecule has 0 saturated carbocycles. The summed E-state index contributed by atoms with van der Waals surface area (Å²) < 4.78 is 27.0. The molecule has 0 bridgehead atoms. The number of nitrogens with zero attached hydrogens (tertiary/aromatic N) is 2. The topological polar surface area (TPSA) is 69.9 Å². The fourth-order valence-corrected chi connectivity index (χ4v) is 5.77. The molecule has 2 heterocycles. The molecular weight excluding hydrogens is 574 g/mol. The number of aromatic nitrogens is 1. The van der Waals surface area contributed by atoms with Crippen molar-refractivity contribution in [3.63, 3.8) is 0 Å². The van der Waals surface area contributed by atoms with Crippen molar-refractivity contribution in [1.82, 2.24) is 4.57 Å². The van der Waals surface area contributed by atoms with E-state index >= 15 is 0 Å². The molecule has 0 unspecified atom stereocenters. The molecule has 4 aromatic rings. The van der Waals surface area contributed by atoms with Gasteiger partial charge in [-0.3, -0.25) is 9.36 Å². The maximum absolute atomic E-state index is 13.8. The lowest BCUT2D eigenvalue weighted by Gasteiger charge is -2.24. The number of halogens is 3. The average molecular weight is 597 g/mol. The van der Waals surface area contributed by atoms with E-state index in [2.05, 4.69) is 4.99 Å². The molecular formula is C30H23Cl2FN2O4S. The molecule has 5 rings (SSSR count). The molecule has 40 heavy (non-hydrogen) atoms. The Morgan fingerprint density at radius 2 is 1.85 bits per heavy atom. The van der Waals surface area contributed by atoms with Gasteiger partial charge in [-0.05, 0) is 61.4 Å². The number of carbonyl (C=O) groups is 1. The van der Waals surface area contributed by atoms with Crippen molar-refractivity contribution < 1.29 is 18.7 Å². The van der Waals surface area contributed by atoms with Crippen LogP contribution >= 0.6 is 34.5 Å². The van der Waals surface area contributed by atoms with E-state index in [0.29, 0.717) is 42.0 Å². The quantitative estimate of drug-likeness (QED) is 0.252. The number of rotatable bonds is 7. The van der Waals surface area contributed by atoms with Crippen LogP contribution in [0.5, 0.6) is 5.75 Å². The van der Waals surface area contributed by atoms with Gasteiger partial charge in [0.15, 0.2) is 4.80 Å². The normalized spacial score (nSPS) is 15.0. The van der Waals surface area contributed by atoms with Crippen molar-refractivity contribution in [1.29, 1.82) is 0 Å². The Morgan fingerprint density at radius 1 is 1.10 bits per heavy atom. The predicted octanol–water partition coefficient (Wildman–Crippen LogP) is 5.82. The molecule has 1 aromatic heterocycles. The molecule has 0 N–H and O–H groups in total. The monoisotopic (exact) mass is 596 g/mol. The largest absolute Gasteiger partial charge is 0.488 e. The number of ether oxygens (including phenoxy) is 2. The smallest absolute Gasteiger partial charge is 0.338 e. The fourth-order valence-electron chi connectivity index (χ4n) is 4.41. The van der Waals surface area contributed by atoms with E-state index < -0.39 is 17.8 Å². The summed E-state index contributed by atoms with van der Waals surface area (Å²) in [5, 5.41) is 0.895. The molecule has 3 aromatic carbocycles. The first kappa shape index (κ1) is 27.8. The van der Waals surface area contributed by atoms with Gasteiger partial charge in [-0.15, -0.1) is 0 Å². The lowest BCUT2D eigenvalue weighted by molar-refractivity contribution is -0.139. The Morgan fingerprint density at radius 3 is 2.58 bits per heavy atom. The SMILES string of the molecule is CCOC(=O)C1=C(C)N=c2s/c(=C\c3ccccc3OCc3ccc(Cl)c(Cl)c3)c(=O)n2[C@@H]1c1ccc(F)cc1. The highest BCUT2D eigenvalue weighted by molar-refractivity contribution is 7.07. The maximum Gasteiger partial charge on any atom is 0.338 e. The minimum absolute atomic E-state index is 0.162. The Hall–Kier alpha value is -3.72. The van der Waals surface area contributed by atoms with Gasteiger partial charge in [-0.25, -0.2) is 14.2 Å². The van der Waals surface area contributed by atoms with Crippen LogP contribution in [-0.2, 0) is 16.1 Å². The van der Waals surface area contributed by atoms with Gasteiger partial charge in [0.05, 0.1) is 38.5 Å². The molecule has 0 aliphatic carbocycles. The number of carbonyl (C=O) groups excluding carboxylic acids is 1. The second-order valence-corrected chi connectivity index (χ2v) is 10.8. The van der Waals surface area contributed by atoms with Crippen LogP contribution in [0.4, 0.5) is 4.39 Å². The van der Waals surface area contributed by atoms with Gasteiger partial charge < -0.3 is 9.47 Å². The lowest BCUT2D eigenvalue weighted by Crippen LogP contribution is -2.39. The molecule has 10 heteroatoms. The van der Waals surface area contributed by atoms with E-state index in [9.17, 15) is 14.0 Å². The Balaban J connectivity index is 1.58. The van der Waals surface area contributed by atoms with Gasteiger partial charge >= 0.3 is 5.97 Å². The molecule has 1 aliphatic heterocycles. The highest BCUT2D eigenvalue weighted by atomic mass is 35.5. The average Bonchev–Trinajstić information content (AvgIpc) is 3.24. The van der Waals surface area contributed by atoms with Gasteiger partial charge in [0, 0.05) is 5.56 Å². The van der Waals surface area contributed by atoms with E-state index in [1.165, 1.54) is 28.0 Å².